The van der Waals surface area contributed by atoms with E-state index in [0.29, 0.717) is 24.5 Å². The van der Waals surface area contributed by atoms with Crippen molar-refractivity contribution in [1.29, 1.82) is 0 Å². The number of imide groups is 1. The van der Waals surface area contributed by atoms with Crippen LogP contribution in [0, 0.1) is 0 Å². The largest absolute Gasteiger partial charge is 0.399 e. The summed E-state index contributed by atoms with van der Waals surface area (Å²) in [6, 6.07) is 6.38. The molecule has 1 fully saturated rings. The van der Waals surface area contributed by atoms with Gasteiger partial charge in [0.05, 0.1) is 12.3 Å². The van der Waals surface area contributed by atoms with Gasteiger partial charge in [0.15, 0.2) is 0 Å². The van der Waals surface area contributed by atoms with E-state index in [1.807, 2.05) is 0 Å². The molecule has 18 heavy (non-hydrogen) atoms. The van der Waals surface area contributed by atoms with Crippen molar-refractivity contribution in [2.75, 3.05) is 37.4 Å². The molecule has 1 heterocycles. The standard InChI is InChI=1S/C12H15N3O3/c1-18-6-5-14-8-11(16)15(12(14)17)10-4-2-3-9(13)7-10/h2-4,7H,5-6,8,13H2,1H3. The van der Waals surface area contributed by atoms with Crippen molar-refractivity contribution in [2.45, 2.75) is 0 Å². The Morgan fingerprint density at radius 1 is 1.39 bits per heavy atom. The Morgan fingerprint density at radius 3 is 2.83 bits per heavy atom. The van der Waals surface area contributed by atoms with Gasteiger partial charge in [0.2, 0.25) is 0 Å². The molecule has 0 spiro atoms. The summed E-state index contributed by atoms with van der Waals surface area (Å²) in [5, 5.41) is 0. The van der Waals surface area contributed by atoms with Gasteiger partial charge >= 0.3 is 6.03 Å². The molecule has 3 amide bonds. The van der Waals surface area contributed by atoms with E-state index in [4.69, 9.17) is 10.5 Å². The highest BCUT2D eigenvalue weighted by Gasteiger charge is 2.36. The fraction of sp³-hybridized carbons (Fsp3) is 0.333. The van der Waals surface area contributed by atoms with Gasteiger partial charge in [-0.25, -0.2) is 9.69 Å². The van der Waals surface area contributed by atoms with Crippen LogP contribution in [0.5, 0.6) is 0 Å². The normalized spacial score (nSPS) is 15.6. The van der Waals surface area contributed by atoms with Crippen molar-refractivity contribution in [3.63, 3.8) is 0 Å². The highest BCUT2D eigenvalue weighted by atomic mass is 16.5. The Labute approximate surface area is 105 Å². The number of hydrogen-bond donors (Lipinski definition) is 1. The van der Waals surface area contributed by atoms with Crippen molar-refractivity contribution in [1.82, 2.24) is 4.90 Å². The molecule has 6 heteroatoms. The van der Waals surface area contributed by atoms with Crippen LogP contribution in [-0.4, -0.2) is 43.6 Å². The monoisotopic (exact) mass is 249 g/mol. The average Bonchev–Trinajstić information content (AvgIpc) is 2.62. The Morgan fingerprint density at radius 2 is 2.17 bits per heavy atom. The first-order chi connectivity index (χ1) is 8.63. The van der Waals surface area contributed by atoms with Gasteiger partial charge in [0.1, 0.15) is 6.54 Å². The molecule has 1 aromatic rings. The van der Waals surface area contributed by atoms with Crippen molar-refractivity contribution in [3.8, 4) is 0 Å². The molecule has 0 aromatic heterocycles. The predicted molar refractivity (Wildman–Crippen MR) is 67.2 cm³/mol. The minimum Gasteiger partial charge on any atom is -0.399 e. The minimum absolute atomic E-state index is 0.0803. The number of benzene rings is 1. The maximum Gasteiger partial charge on any atom is 0.331 e. The van der Waals surface area contributed by atoms with Gasteiger partial charge in [-0.05, 0) is 18.2 Å². The van der Waals surface area contributed by atoms with Crippen LogP contribution in [0.4, 0.5) is 16.2 Å². The number of nitrogens with zero attached hydrogens (tertiary/aromatic N) is 2. The van der Waals surface area contributed by atoms with Gasteiger partial charge < -0.3 is 15.4 Å². The van der Waals surface area contributed by atoms with Gasteiger partial charge in [0.25, 0.3) is 5.91 Å². The molecule has 6 nitrogen and oxygen atoms in total. The maximum atomic E-state index is 12.1. The van der Waals surface area contributed by atoms with E-state index in [0.717, 1.165) is 4.90 Å². The summed E-state index contributed by atoms with van der Waals surface area (Å²) < 4.78 is 4.90. The van der Waals surface area contributed by atoms with Crippen LogP contribution in [0.15, 0.2) is 24.3 Å². The molecule has 0 aliphatic carbocycles. The molecule has 1 saturated heterocycles. The average molecular weight is 249 g/mol. The van der Waals surface area contributed by atoms with Crippen LogP contribution in [0.1, 0.15) is 0 Å². The van der Waals surface area contributed by atoms with Gasteiger partial charge in [0, 0.05) is 19.3 Å². The molecular weight excluding hydrogens is 234 g/mol. The van der Waals surface area contributed by atoms with Crippen molar-refractivity contribution >= 4 is 23.3 Å². The number of carbonyl (C=O) groups is 2. The molecule has 2 N–H and O–H groups in total. The number of hydrogen-bond acceptors (Lipinski definition) is 4. The molecule has 1 aromatic carbocycles. The van der Waals surface area contributed by atoms with E-state index in [-0.39, 0.29) is 18.5 Å². The number of anilines is 2. The Balaban J connectivity index is 2.19. The highest BCUT2D eigenvalue weighted by Crippen LogP contribution is 2.22. The van der Waals surface area contributed by atoms with E-state index < -0.39 is 0 Å². The highest BCUT2D eigenvalue weighted by molar-refractivity contribution is 6.19. The second-order valence-corrected chi connectivity index (χ2v) is 4.02. The van der Waals surface area contributed by atoms with Gasteiger partial charge in [-0.15, -0.1) is 0 Å². The molecule has 0 radical (unpaired) electrons. The first-order valence-electron chi connectivity index (χ1n) is 5.60. The summed E-state index contributed by atoms with van der Waals surface area (Å²) in [5.41, 5.74) is 6.67. The van der Waals surface area contributed by atoms with Gasteiger partial charge in [-0.1, -0.05) is 6.07 Å². The minimum atomic E-state index is -0.331. The summed E-state index contributed by atoms with van der Waals surface area (Å²) in [6.07, 6.45) is 0. The fourth-order valence-electron chi connectivity index (χ4n) is 1.84. The van der Waals surface area contributed by atoms with Crippen LogP contribution in [0.2, 0.25) is 0 Å². The SMILES string of the molecule is COCCN1CC(=O)N(c2cccc(N)c2)C1=O. The van der Waals surface area contributed by atoms with Crippen molar-refractivity contribution in [3.05, 3.63) is 24.3 Å². The third-order valence-corrected chi connectivity index (χ3v) is 2.73. The molecule has 0 atom stereocenters. The van der Waals surface area contributed by atoms with E-state index in [9.17, 15) is 9.59 Å². The second kappa shape index (κ2) is 5.05. The van der Waals surface area contributed by atoms with Crippen LogP contribution in [0.3, 0.4) is 0 Å². The molecule has 0 unspecified atom stereocenters. The number of carbonyl (C=O) groups excluding carboxylic acids is 2. The third-order valence-electron chi connectivity index (χ3n) is 2.73. The lowest BCUT2D eigenvalue weighted by molar-refractivity contribution is -0.116. The topological polar surface area (TPSA) is 75.9 Å². The smallest absolute Gasteiger partial charge is 0.331 e. The molecule has 1 aliphatic heterocycles. The number of amides is 3. The molecule has 96 valence electrons. The zero-order valence-corrected chi connectivity index (χ0v) is 10.1. The number of urea groups is 1. The van der Waals surface area contributed by atoms with Gasteiger partial charge in [-0.2, -0.15) is 0 Å². The molecule has 2 rings (SSSR count). The lowest BCUT2D eigenvalue weighted by Crippen LogP contribution is -2.34. The maximum absolute atomic E-state index is 12.1. The Kier molecular flexibility index (Phi) is 3.47. The molecule has 1 aliphatic rings. The lowest BCUT2D eigenvalue weighted by Gasteiger charge is -2.16. The van der Waals surface area contributed by atoms with Crippen LogP contribution in [0.25, 0.3) is 0 Å². The van der Waals surface area contributed by atoms with E-state index in [1.54, 1.807) is 31.4 Å². The summed E-state index contributed by atoms with van der Waals surface area (Å²) in [5.74, 6) is -0.248. The van der Waals surface area contributed by atoms with E-state index in [2.05, 4.69) is 0 Å². The lowest BCUT2D eigenvalue weighted by atomic mass is 10.2. The Bertz CT molecular complexity index is 475. The summed E-state index contributed by atoms with van der Waals surface area (Å²) in [7, 11) is 1.55. The third kappa shape index (κ3) is 2.28. The quantitative estimate of drug-likeness (QED) is 0.629. The summed E-state index contributed by atoms with van der Waals surface area (Å²) >= 11 is 0. The van der Waals surface area contributed by atoms with Crippen LogP contribution in [-0.2, 0) is 9.53 Å². The number of rotatable bonds is 4. The second-order valence-electron chi connectivity index (χ2n) is 4.02. The van der Waals surface area contributed by atoms with Crippen LogP contribution >= 0.6 is 0 Å². The van der Waals surface area contributed by atoms with E-state index in [1.165, 1.54) is 4.90 Å². The molecular formula is C12H15N3O3. The number of nitrogen functional groups attached to an aromatic ring is 1. The number of methoxy groups -OCH3 is 1. The number of ether oxygens (including phenoxy) is 1. The van der Waals surface area contributed by atoms with Crippen molar-refractivity contribution < 1.29 is 14.3 Å². The number of nitrogens with two attached hydrogens (primary N) is 1. The predicted octanol–water partition coefficient (Wildman–Crippen LogP) is 0.684. The van der Waals surface area contributed by atoms with Crippen molar-refractivity contribution in [2.24, 2.45) is 0 Å². The summed E-state index contributed by atoms with van der Waals surface area (Å²) in [4.78, 5) is 26.5. The first-order valence-corrected chi connectivity index (χ1v) is 5.60. The zero-order valence-electron chi connectivity index (χ0n) is 10.1. The molecule has 0 saturated carbocycles. The fourth-order valence-corrected chi connectivity index (χ4v) is 1.84. The Hall–Kier alpha value is -2.08. The zero-order chi connectivity index (χ0) is 13.1. The van der Waals surface area contributed by atoms with Crippen LogP contribution < -0.4 is 10.6 Å². The van der Waals surface area contributed by atoms with E-state index >= 15 is 0 Å². The van der Waals surface area contributed by atoms with Gasteiger partial charge in [-0.3, -0.25) is 4.79 Å². The summed E-state index contributed by atoms with van der Waals surface area (Å²) in [6.45, 7) is 0.890. The first kappa shape index (κ1) is 12.4. The molecule has 0 bridgehead atoms.